The summed E-state index contributed by atoms with van der Waals surface area (Å²) in [6.07, 6.45) is 4.09. The molecule has 1 aliphatic rings. The number of hydrogen-bond donors (Lipinski definition) is 1. The molecule has 1 N–H and O–H groups in total. The van der Waals surface area contributed by atoms with E-state index in [0.717, 1.165) is 35.6 Å². The van der Waals surface area contributed by atoms with E-state index >= 15 is 0 Å². The molecule has 4 nitrogen and oxygen atoms in total. The van der Waals surface area contributed by atoms with Crippen molar-refractivity contribution in [1.29, 1.82) is 0 Å². The number of benzene rings is 3. The van der Waals surface area contributed by atoms with Crippen LogP contribution in [0, 0.1) is 0 Å². The molecule has 0 aliphatic heterocycles. The lowest BCUT2D eigenvalue weighted by Gasteiger charge is -2.35. The van der Waals surface area contributed by atoms with Gasteiger partial charge in [0.15, 0.2) is 0 Å². The van der Waals surface area contributed by atoms with Crippen molar-refractivity contribution >= 4 is 22.6 Å². The molecule has 1 aliphatic carbocycles. The molecule has 0 heterocycles. The first-order chi connectivity index (χ1) is 14.2. The van der Waals surface area contributed by atoms with Crippen molar-refractivity contribution in [2.24, 2.45) is 0 Å². The number of nitrogens with one attached hydrogen (secondary N) is 1. The largest absolute Gasteiger partial charge is 0.459 e. The average molecular weight is 387 g/mol. The van der Waals surface area contributed by atoms with Crippen molar-refractivity contribution < 1.29 is 14.3 Å². The number of fused-ring (bicyclic) bond motifs is 1. The van der Waals surface area contributed by atoms with E-state index in [2.05, 4.69) is 5.32 Å². The van der Waals surface area contributed by atoms with Crippen LogP contribution in [0.4, 0.5) is 0 Å². The van der Waals surface area contributed by atoms with E-state index in [0.29, 0.717) is 18.4 Å². The van der Waals surface area contributed by atoms with Crippen molar-refractivity contribution in [1.82, 2.24) is 5.32 Å². The van der Waals surface area contributed by atoms with Gasteiger partial charge in [-0.15, -0.1) is 0 Å². The molecule has 29 heavy (non-hydrogen) atoms. The summed E-state index contributed by atoms with van der Waals surface area (Å²) >= 11 is 0. The van der Waals surface area contributed by atoms with Gasteiger partial charge in [0, 0.05) is 5.56 Å². The molecule has 0 bridgehead atoms. The maximum absolute atomic E-state index is 13.0. The van der Waals surface area contributed by atoms with Crippen LogP contribution in [0.1, 0.15) is 48.0 Å². The number of amides is 1. The van der Waals surface area contributed by atoms with Crippen LogP contribution in [0.2, 0.25) is 0 Å². The molecule has 0 aromatic heterocycles. The van der Waals surface area contributed by atoms with E-state index in [1.165, 1.54) is 0 Å². The molecule has 3 aromatic rings. The maximum atomic E-state index is 13.0. The number of esters is 1. The Morgan fingerprint density at radius 1 is 0.828 bits per heavy atom. The Labute approximate surface area is 170 Å². The Hall–Kier alpha value is -3.14. The topological polar surface area (TPSA) is 55.4 Å². The smallest absolute Gasteiger partial charge is 0.332 e. The van der Waals surface area contributed by atoms with E-state index < -0.39 is 5.54 Å². The fourth-order valence-corrected chi connectivity index (χ4v) is 4.02. The van der Waals surface area contributed by atoms with E-state index in [4.69, 9.17) is 4.74 Å². The molecule has 1 amide bonds. The standard InChI is InChI=1S/C25H25NO3/c27-23(22-14-13-20-11-5-6-12-21(20)17-22)26-25(15-7-2-8-16-25)24(28)29-18-19-9-3-1-4-10-19/h1,3-6,9-14,17H,2,7-8,15-16,18H2,(H,26,27). The van der Waals surface area contributed by atoms with Crippen LogP contribution in [0.5, 0.6) is 0 Å². The van der Waals surface area contributed by atoms with Gasteiger partial charge in [-0.2, -0.15) is 0 Å². The summed E-state index contributed by atoms with van der Waals surface area (Å²) in [5, 5.41) is 5.12. The van der Waals surface area contributed by atoms with Crippen molar-refractivity contribution in [3.05, 3.63) is 83.9 Å². The zero-order chi connectivity index (χ0) is 20.1. The quantitative estimate of drug-likeness (QED) is 0.626. The fourth-order valence-electron chi connectivity index (χ4n) is 4.02. The Morgan fingerprint density at radius 3 is 2.28 bits per heavy atom. The minimum atomic E-state index is -0.949. The number of ether oxygens (including phenoxy) is 1. The number of rotatable bonds is 5. The fraction of sp³-hybridized carbons (Fsp3) is 0.280. The summed E-state index contributed by atoms with van der Waals surface area (Å²) in [7, 11) is 0. The molecular weight excluding hydrogens is 362 g/mol. The summed E-state index contributed by atoms with van der Waals surface area (Å²) < 4.78 is 5.62. The normalized spacial score (nSPS) is 15.6. The van der Waals surface area contributed by atoms with Crippen LogP contribution in [-0.4, -0.2) is 17.4 Å². The van der Waals surface area contributed by atoms with Crippen LogP contribution in [0.15, 0.2) is 72.8 Å². The summed E-state index contributed by atoms with van der Waals surface area (Å²) in [6.45, 7) is 0.216. The Balaban J connectivity index is 1.52. The van der Waals surface area contributed by atoms with E-state index in [1.807, 2.05) is 72.8 Å². The van der Waals surface area contributed by atoms with Gasteiger partial charge in [-0.3, -0.25) is 4.79 Å². The first-order valence-electron chi connectivity index (χ1n) is 10.2. The average Bonchev–Trinajstić information content (AvgIpc) is 2.78. The van der Waals surface area contributed by atoms with Crippen molar-refractivity contribution in [2.45, 2.75) is 44.2 Å². The lowest BCUT2D eigenvalue weighted by molar-refractivity contribution is -0.154. The number of hydrogen-bond acceptors (Lipinski definition) is 3. The molecule has 0 spiro atoms. The van der Waals surface area contributed by atoms with Gasteiger partial charge >= 0.3 is 5.97 Å². The van der Waals surface area contributed by atoms with Gasteiger partial charge in [0.05, 0.1) is 0 Å². The Morgan fingerprint density at radius 2 is 1.52 bits per heavy atom. The molecule has 0 saturated heterocycles. The second kappa shape index (κ2) is 8.48. The zero-order valence-corrected chi connectivity index (χ0v) is 16.4. The molecule has 3 aromatic carbocycles. The van der Waals surface area contributed by atoms with Crippen LogP contribution < -0.4 is 5.32 Å². The maximum Gasteiger partial charge on any atom is 0.332 e. The van der Waals surface area contributed by atoms with Crippen LogP contribution in [0.3, 0.4) is 0 Å². The van der Waals surface area contributed by atoms with Gasteiger partial charge in [-0.05, 0) is 41.3 Å². The van der Waals surface area contributed by atoms with Gasteiger partial charge in [0.1, 0.15) is 12.1 Å². The highest BCUT2D eigenvalue weighted by Gasteiger charge is 2.42. The SMILES string of the molecule is O=C(NC1(C(=O)OCc2ccccc2)CCCCC1)c1ccc2ccccc2c1. The zero-order valence-electron chi connectivity index (χ0n) is 16.4. The molecular formula is C25H25NO3. The van der Waals surface area contributed by atoms with Crippen LogP contribution in [-0.2, 0) is 16.1 Å². The van der Waals surface area contributed by atoms with E-state index in [9.17, 15) is 9.59 Å². The second-order valence-electron chi connectivity index (χ2n) is 7.72. The number of carbonyl (C=O) groups excluding carboxylic acids is 2. The first-order valence-corrected chi connectivity index (χ1v) is 10.2. The Bertz CT molecular complexity index is 1010. The minimum Gasteiger partial charge on any atom is -0.459 e. The molecule has 1 fully saturated rings. The minimum absolute atomic E-state index is 0.216. The third-order valence-corrected chi connectivity index (χ3v) is 5.68. The van der Waals surface area contributed by atoms with Crippen molar-refractivity contribution in [3.63, 3.8) is 0 Å². The van der Waals surface area contributed by atoms with Crippen LogP contribution >= 0.6 is 0 Å². The highest BCUT2D eigenvalue weighted by molar-refractivity contribution is 6.01. The van der Waals surface area contributed by atoms with Crippen LogP contribution in [0.25, 0.3) is 10.8 Å². The van der Waals surface area contributed by atoms with E-state index in [1.54, 1.807) is 0 Å². The van der Waals surface area contributed by atoms with Crippen molar-refractivity contribution in [3.8, 4) is 0 Å². The summed E-state index contributed by atoms with van der Waals surface area (Å²) in [5.41, 5.74) is 0.549. The third kappa shape index (κ3) is 4.32. The lowest BCUT2D eigenvalue weighted by atomic mass is 9.81. The van der Waals surface area contributed by atoms with Gasteiger partial charge < -0.3 is 10.1 Å². The molecule has 0 unspecified atom stereocenters. The third-order valence-electron chi connectivity index (χ3n) is 5.68. The molecule has 1 saturated carbocycles. The highest BCUT2D eigenvalue weighted by Crippen LogP contribution is 2.30. The number of carbonyl (C=O) groups is 2. The highest BCUT2D eigenvalue weighted by atomic mass is 16.5. The van der Waals surface area contributed by atoms with Gasteiger partial charge in [0.25, 0.3) is 5.91 Å². The Kier molecular flexibility index (Phi) is 5.61. The summed E-state index contributed by atoms with van der Waals surface area (Å²) in [5.74, 6) is -0.565. The monoisotopic (exact) mass is 387 g/mol. The molecule has 0 radical (unpaired) electrons. The molecule has 148 valence electrons. The summed E-state index contributed by atoms with van der Waals surface area (Å²) in [4.78, 5) is 26.1. The van der Waals surface area contributed by atoms with Gasteiger partial charge in [-0.1, -0.05) is 79.9 Å². The first kappa shape index (κ1) is 19.2. The predicted molar refractivity (Wildman–Crippen MR) is 113 cm³/mol. The van der Waals surface area contributed by atoms with Gasteiger partial charge in [0.2, 0.25) is 0 Å². The van der Waals surface area contributed by atoms with E-state index in [-0.39, 0.29) is 18.5 Å². The van der Waals surface area contributed by atoms with Gasteiger partial charge in [-0.25, -0.2) is 4.79 Å². The second-order valence-corrected chi connectivity index (χ2v) is 7.72. The van der Waals surface area contributed by atoms with Crippen molar-refractivity contribution in [2.75, 3.05) is 0 Å². The molecule has 4 heteroatoms. The predicted octanol–water partition coefficient (Wildman–Crippen LogP) is 5.02. The molecule has 0 atom stereocenters. The molecule has 4 rings (SSSR count). The summed E-state index contributed by atoms with van der Waals surface area (Å²) in [6, 6.07) is 23.2. The lowest BCUT2D eigenvalue weighted by Crippen LogP contribution is -2.56.